The quantitative estimate of drug-likeness (QED) is 0.280. The Morgan fingerprint density at radius 2 is 2.03 bits per heavy atom. The van der Waals surface area contributed by atoms with Crippen LogP contribution in [0.1, 0.15) is 30.1 Å². The highest BCUT2D eigenvalue weighted by Gasteiger charge is 2.30. The Bertz CT molecular complexity index is 1340. The number of amidine groups is 1. The summed E-state index contributed by atoms with van der Waals surface area (Å²) in [6.45, 7) is 0.672. The van der Waals surface area contributed by atoms with Crippen LogP contribution in [-0.4, -0.2) is 32.0 Å². The standard InChI is InChI=1S/C22H18ClF2N7/c23-19-5-1-3-16(28-19)21(26)29-17-12-27-32-10-8-20(30-22(17)32)31-9-2-4-18(31)14-11-13(24)6-7-15(14)25/h1,3,5-8,10-12,18H,2,4,9H2,(H2,26,29)/t18-/m1/s1. The van der Waals surface area contributed by atoms with Gasteiger partial charge in [0, 0.05) is 18.3 Å². The van der Waals surface area contributed by atoms with Crippen molar-refractivity contribution in [2.45, 2.75) is 18.9 Å². The van der Waals surface area contributed by atoms with E-state index in [9.17, 15) is 8.78 Å². The van der Waals surface area contributed by atoms with Gasteiger partial charge in [0.1, 0.15) is 39.8 Å². The number of halogens is 3. The fourth-order valence-electron chi connectivity index (χ4n) is 3.96. The van der Waals surface area contributed by atoms with Gasteiger partial charge in [-0.25, -0.2) is 28.3 Å². The third-order valence-corrected chi connectivity index (χ3v) is 5.63. The molecule has 7 nitrogen and oxygen atoms in total. The van der Waals surface area contributed by atoms with Crippen molar-refractivity contribution in [2.75, 3.05) is 11.4 Å². The molecule has 4 aromatic rings. The van der Waals surface area contributed by atoms with Crippen LogP contribution in [0.25, 0.3) is 5.65 Å². The molecule has 0 saturated carbocycles. The summed E-state index contributed by atoms with van der Waals surface area (Å²) >= 11 is 5.94. The van der Waals surface area contributed by atoms with Crippen LogP contribution in [-0.2, 0) is 0 Å². The van der Waals surface area contributed by atoms with Crippen LogP contribution in [0, 0.1) is 11.6 Å². The van der Waals surface area contributed by atoms with E-state index in [1.807, 2.05) is 4.90 Å². The van der Waals surface area contributed by atoms with Crippen LogP contribution in [0.5, 0.6) is 0 Å². The molecule has 1 aromatic carbocycles. The van der Waals surface area contributed by atoms with E-state index in [0.717, 1.165) is 18.6 Å². The Balaban J connectivity index is 1.52. The number of rotatable bonds is 4. The number of anilines is 1. The summed E-state index contributed by atoms with van der Waals surface area (Å²) in [6.07, 6.45) is 4.84. The van der Waals surface area contributed by atoms with Gasteiger partial charge in [0.25, 0.3) is 0 Å². The fraction of sp³-hybridized carbons (Fsp3) is 0.182. The summed E-state index contributed by atoms with van der Waals surface area (Å²) in [5.41, 5.74) is 7.82. The Kier molecular flexibility index (Phi) is 5.18. The van der Waals surface area contributed by atoms with E-state index in [1.165, 1.54) is 6.07 Å². The zero-order valence-corrected chi connectivity index (χ0v) is 17.5. The van der Waals surface area contributed by atoms with E-state index in [1.54, 1.807) is 41.2 Å². The summed E-state index contributed by atoms with van der Waals surface area (Å²) in [5, 5.41) is 4.58. The van der Waals surface area contributed by atoms with Gasteiger partial charge in [-0.05, 0) is 49.2 Å². The van der Waals surface area contributed by atoms with Crippen LogP contribution in [0.15, 0.2) is 59.9 Å². The van der Waals surface area contributed by atoms with Crippen LogP contribution >= 0.6 is 11.6 Å². The third kappa shape index (κ3) is 3.75. The third-order valence-electron chi connectivity index (χ3n) is 5.42. The second kappa shape index (κ2) is 8.16. The summed E-state index contributed by atoms with van der Waals surface area (Å²) < 4.78 is 29.8. The summed E-state index contributed by atoms with van der Waals surface area (Å²) in [5.74, 6) is -0.0921. The normalized spacial score (nSPS) is 16.8. The molecule has 0 amide bonds. The molecule has 10 heteroatoms. The van der Waals surface area contributed by atoms with Crippen molar-refractivity contribution in [1.29, 1.82) is 0 Å². The molecule has 0 aliphatic carbocycles. The molecule has 1 atom stereocenters. The maximum Gasteiger partial charge on any atom is 0.183 e. The molecule has 0 bridgehead atoms. The predicted octanol–water partition coefficient (Wildman–Crippen LogP) is 4.43. The van der Waals surface area contributed by atoms with Gasteiger partial charge in [-0.3, -0.25) is 0 Å². The largest absolute Gasteiger partial charge is 0.382 e. The SMILES string of the molecule is NC(=Nc1cnn2ccc(N3CCC[C@@H]3c3cc(F)ccc3F)nc12)c1cccc(Cl)n1. The first kappa shape index (κ1) is 20.3. The van der Waals surface area contributed by atoms with Crippen molar-refractivity contribution in [3.05, 3.63) is 82.9 Å². The van der Waals surface area contributed by atoms with Gasteiger partial charge in [-0.1, -0.05) is 17.7 Å². The first-order valence-electron chi connectivity index (χ1n) is 10.0. The van der Waals surface area contributed by atoms with Crippen molar-refractivity contribution in [3.8, 4) is 0 Å². The highest BCUT2D eigenvalue weighted by Crippen LogP contribution is 2.37. The molecule has 162 valence electrons. The predicted molar refractivity (Wildman–Crippen MR) is 118 cm³/mol. The number of aliphatic imine (C=N–C) groups is 1. The lowest BCUT2D eigenvalue weighted by atomic mass is 10.0. The second-order valence-corrected chi connectivity index (χ2v) is 7.83. The molecule has 1 aliphatic rings. The number of hydrogen-bond donors (Lipinski definition) is 1. The van der Waals surface area contributed by atoms with Crippen molar-refractivity contribution in [3.63, 3.8) is 0 Å². The molecule has 1 saturated heterocycles. The first-order chi connectivity index (χ1) is 15.5. The fourth-order valence-corrected chi connectivity index (χ4v) is 4.12. The Hall–Kier alpha value is -3.59. The molecule has 4 heterocycles. The molecule has 0 unspecified atom stereocenters. The van der Waals surface area contributed by atoms with Crippen molar-refractivity contribution in [1.82, 2.24) is 19.6 Å². The van der Waals surface area contributed by atoms with E-state index in [4.69, 9.17) is 22.3 Å². The molecule has 5 rings (SSSR count). The average Bonchev–Trinajstić information content (AvgIpc) is 3.42. The minimum Gasteiger partial charge on any atom is -0.382 e. The number of benzene rings is 1. The average molecular weight is 454 g/mol. The molecule has 0 spiro atoms. The maximum absolute atomic E-state index is 14.4. The monoisotopic (exact) mass is 453 g/mol. The highest BCUT2D eigenvalue weighted by atomic mass is 35.5. The molecule has 2 N–H and O–H groups in total. The highest BCUT2D eigenvalue weighted by molar-refractivity contribution is 6.29. The summed E-state index contributed by atoms with van der Waals surface area (Å²) in [7, 11) is 0. The van der Waals surface area contributed by atoms with Gasteiger partial charge in [-0.2, -0.15) is 5.10 Å². The lowest BCUT2D eigenvalue weighted by Gasteiger charge is -2.26. The van der Waals surface area contributed by atoms with E-state index >= 15 is 0 Å². The van der Waals surface area contributed by atoms with Crippen LogP contribution < -0.4 is 10.6 Å². The van der Waals surface area contributed by atoms with Gasteiger partial charge < -0.3 is 10.6 Å². The van der Waals surface area contributed by atoms with Gasteiger partial charge >= 0.3 is 0 Å². The van der Waals surface area contributed by atoms with E-state index in [0.29, 0.717) is 46.5 Å². The maximum atomic E-state index is 14.4. The van der Waals surface area contributed by atoms with Crippen LogP contribution in [0.4, 0.5) is 20.3 Å². The van der Waals surface area contributed by atoms with Crippen molar-refractivity contribution >= 4 is 34.6 Å². The molecule has 3 aromatic heterocycles. The molecule has 1 fully saturated rings. The molecular formula is C22H18ClF2N7. The van der Waals surface area contributed by atoms with Gasteiger partial charge in [0.05, 0.1) is 12.2 Å². The van der Waals surface area contributed by atoms with Gasteiger partial charge in [0.15, 0.2) is 5.65 Å². The number of aromatic nitrogens is 4. The van der Waals surface area contributed by atoms with Crippen molar-refractivity contribution in [2.24, 2.45) is 10.7 Å². The van der Waals surface area contributed by atoms with E-state index in [-0.39, 0.29) is 11.9 Å². The topological polar surface area (TPSA) is 84.7 Å². The smallest absolute Gasteiger partial charge is 0.183 e. The minimum absolute atomic E-state index is 0.176. The summed E-state index contributed by atoms with van der Waals surface area (Å²) in [4.78, 5) is 15.3. The molecule has 32 heavy (non-hydrogen) atoms. The zero-order valence-electron chi connectivity index (χ0n) is 16.8. The van der Waals surface area contributed by atoms with E-state index < -0.39 is 11.6 Å². The lowest BCUT2D eigenvalue weighted by Crippen LogP contribution is -2.24. The lowest BCUT2D eigenvalue weighted by molar-refractivity contribution is 0.560. The van der Waals surface area contributed by atoms with Gasteiger partial charge in [0.2, 0.25) is 0 Å². The zero-order chi connectivity index (χ0) is 22.2. The first-order valence-corrected chi connectivity index (χ1v) is 10.4. The van der Waals surface area contributed by atoms with Gasteiger partial charge in [-0.15, -0.1) is 0 Å². The van der Waals surface area contributed by atoms with Crippen LogP contribution in [0.2, 0.25) is 5.15 Å². The molecular weight excluding hydrogens is 436 g/mol. The Morgan fingerprint density at radius 1 is 1.16 bits per heavy atom. The number of fused-ring (bicyclic) bond motifs is 1. The number of hydrogen-bond acceptors (Lipinski definition) is 5. The van der Waals surface area contributed by atoms with Crippen molar-refractivity contribution < 1.29 is 8.78 Å². The Labute approximate surface area is 187 Å². The number of pyridine rings is 1. The van der Waals surface area contributed by atoms with Crippen LogP contribution in [0.3, 0.4) is 0 Å². The second-order valence-electron chi connectivity index (χ2n) is 7.44. The molecule has 1 aliphatic heterocycles. The summed E-state index contributed by atoms with van der Waals surface area (Å²) in [6, 6.07) is 10.1. The number of nitrogens with two attached hydrogens (primary N) is 1. The Morgan fingerprint density at radius 3 is 2.88 bits per heavy atom. The molecule has 0 radical (unpaired) electrons. The minimum atomic E-state index is -0.464. The van der Waals surface area contributed by atoms with E-state index in [2.05, 4.69) is 15.1 Å². The number of nitrogens with zero attached hydrogens (tertiary/aromatic N) is 6.